The highest BCUT2D eigenvalue weighted by Crippen LogP contribution is 2.48. The number of carbonyl (C=O) groups is 2. The Kier molecular flexibility index (Phi) is 9.60. The fourth-order valence-electron chi connectivity index (χ4n) is 7.97. The van der Waals surface area contributed by atoms with Gasteiger partial charge in [0, 0.05) is 57.2 Å². The molecule has 0 radical (unpaired) electrons. The zero-order valence-electron chi connectivity index (χ0n) is 30.1. The third-order valence-electron chi connectivity index (χ3n) is 10.8. The van der Waals surface area contributed by atoms with Gasteiger partial charge in [0.05, 0.1) is 18.0 Å². The van der Waals surface area contributed by atoms with Gasteiger partial charge in [-0.15, -0.1) is 0 Å². The van der Waals surface area contributed by atoms with E-state index in [0.717, 1.165) is 64.0 Å². The van der Waals surface area contributed by atoms with Gasteiger partial charge in [-0.25, -0.2) is 0 Å². The van der Waals surface area contributed by atoms with E-state index in [1.165, 1.54) is 0 Å². The van der Waals surface area contributed by atoms with E-state index in [2.05, 4.69) is 48.4 Å². The van der Waals surface area contributed by atoms with Crippen molar-refractivity contribution in [1.29, 1.82) is 10.7 Å². The first kappa shape index (κ1) is 34.9. The van der Waals surface area contributed by atoms with Crippen LogP contribution in [0.2, 0.25) is 0 Å². The minimum Gasteiger partial charge on any atom is -0.378 e. The van der Waals surface area contributed by atoms with E-state index in [4.69, 9.17) is 0 Å². The van der Waals surface area contributed by atoms with Crippen LogP contribution in [-0.4, -0.2) is 85.2 Å². The molecule has 2 aliphatic carbocycles. The van der Waals surface area contributed by atoms with Gasteiger partial charge in [-0.2, -0.15) is 5.26 Å². The lowest BCUT2D eigenvalue weighted by molar-refractivity contribution is -0.131. The van der Waals surface area contributed by atoms with Crippen LogP contribution in [0, 0.1) is 29.6 Å². The summed E-state index contributed by atoms with van der Waals surface area (Å²) in [5.41, 5.74) is 7.65. The zero-order chi connectivity index (χ0) is 35.9. The standard InChI is InChI=1S/C41H49N7O2/c1-25-8-14-33(15-9-25)45-40(43)41(22-26(2)44-24-38(49)48-34(23-42)20-32-21-37(32)48)35-16-12-28(27(3)46(4)5)18-29(35)10-11-30-19-31(13-17-36(30)41)39(50)47(6)7/h8-9,12-19,26,32,34,37,44H,3,10-11,20-22,24H2,1-2,4-7H3,(H2,43,45)/t26-,32-,34?,37+,41?/m1/s1. The number of hydrogen-bond acceptors (Lipinski definition) is 6. The summed E-state index contributed by atoms with van der Waals surface area (Å²) in [7, 11) is 7.48. The molecule has 1 aliphatic heterocycles. The van der Waals surface area contributed by atoms with Crippen molar-refractivity contribution in [2.45, 2.75) is 69.5 Å². The first-order chi connectivity index (χ1) is 23.8. The molecule has 2 unspecified atom stereocenters. The number of piperidine rings is 1. The molecule has 260 valence electrons. The van der Waals surface area contributed by atoms with E-state index in [0.29, 0.717) is 30.2 Å². The minimum absolute atomic E-state index is 0.0457. The highest BCUT2D eigenvalue weighted by Gasteiger charge is 2.54. The average Bonchev–Trinajstić information content (AvgIpc) is 3.79. The molecule has 9 heteroatoms. The Balaban J connectivity index is 1.45. The molecule has 1 saturated heterocycles. The molecule has 3 aromatic carbocycles. The zero-order valence-corrected chi connectivity index (χ0v) is 30.1. The highest BCUT2D eigenvalue weighted by molar-refractivity contribution is 6.05. The average molecular weight is 672 g/mol. The smallest absolute Gasteiger partial charge is 0.253 e. The van der Waals surface area contributed by atoms with E-state index >= 15 is 0 Å². The quantitative estimate of drug-likeness (QED) is 0.192. The number of likely N-dealkylation sites (tertiary alicyclic amines) is 1. The predicted molar refractivity (Wildman–Crippen MR) is 199 cm³/mol. The third kappa shape index (κ3) is 6.52. The Bertz CT molecular complexity index is 1800. The van der Waals surface area contributed by atoms with Crippen LogP contribution >= 0.6 is 0 Å². The fourth-order valence-corrected chi connectivity index (χ4v) is 7.97. The number of amidine groups is 1. The van der Waals surface area contributed by atoms with Crippen LogP contribution in [-0.2, 0) is 23.1 Å². The van der Waals surface area contributed by atoms with Crippen molar-refractivity contribution in [2.75, 3.05) is 40.1 Å². The lowest BCUT2D eigenvalue weighted by atomic mass is 9.67. The SMILES string of the molecule is C=C(c1ccc2c(c1)CCc1cc(C(=O)N(C)C)ccc1C2(C[C@@H](C)NCC(=O)N1C(C#N)C[C@@H]2C[C@@H]21)C(=N)Nc1ccc(C)cc1)N(C)C. The van der Waals surface area contributed by atoms with Crippen molar-refractivity contribution in [1.82, 2.24) is 20.0 Å². The van der Waals surface area contributed by atoms with E-state index < -0.39 is 5.41 Å². The van der Waals surface area contributed by atoms with Crippen LogP contribution in [0.3, 0.4) is 0 Å². The van der Waals surface area contributed by atoms with Gasteiger partial charge in [-0.3, -0.25) is 15.0 Å². The summed E-state index contributed by atoms with van der Waals surface area (Å²) >= 11 is 0. The molecule has 2 fully saturated rings. The number of amides is 2. The molecule has 3 aromatic rings. The van der Waals surface area contributed by atoms with Crippen LogP contribution in [0.4, 0.5) is 5.69 Å². The predicted octanol–water partition coefficient (Wildman–Crippen LogP) is 5.58. The monoisotopic (exact) mass is 671 g/mol. The molecule has 2 amide bonds. The molecule has 50 heavy (non-hydrogen) atoms. The second kappa shape index (κ2) is 13.8. The second-order valence-electron chi connectivity index (χ2n) is 14.8. The molecule has 0 spiro atoms. The van der Waals surface area contributed by atoms with E-state index in [-0.39, 0.29) is 36.5 Å². The summed E-state index contributed by atoms with van der Waals surface area (Å²) in [4.78, 5) is 32.1. The first-order valence-electron chi connectivity index (χ1n) is 17.6. The van der Waals surface area contributed by atoms with Crippen molar-refractivity contribution >= 4 is 29.0 Å². The number of carbonyl (C=O) groups excluding carboxylic acids is 2. The van der Waals surface area contributed by atoms with Crippen molar-refractivity contribution in [3.05, 3.63) is 106 Å². The number of rotatable bonds is 10. The van der Waals surface area contributed by atoms with E-state index in [9.17, 15) is 20.3 Å². The maximum atomic E-state index is 13.5. The summed E-state index contributed by atoms with van der Waals surface area (Å²) < 4.78 is 0. The normalized spacial score (nSPS) is 22.2. The Morgan fingerprint density at radius 3 is 2.20 bits per heavy atom. The molecule has 0 bridgehead atoms. The number of fused-ring (bicyclic) bond motifs is 3. The Morgan fingerprint density at radius 2 is 1.60 bits per heavy atom. The molecule has 3 aliphatic rings. The summed E-state index contributed by atoms with van der Waals surface area (Å²) in [6.45, 7) is 8.55. The van der Waals surface area contributed by atoms with Crippen LogP contribution in [0.5, 0.6) is 0 Å². The van der Waals surface area contributed by atoms with Gasteiger partial charge in [-0.1, -0.05) is 42.5 Å². The Labute approximate surface area is 296 Å². The molecular weight excluding hydrogens is 622 g/mol. The van der Waals surface area contributed by atoms with Crippen molar-refractivity contribution in [2.24, 2.45) is 5.92 Å². The molecule has 5 atom stereocenters. The molecule has 3 N–H and O–H groups in total. The highest BCUT2D eigenvalue weighted by atomic mass is 16.2. The third-order valence-corrected chi connectivity index (χ3v) is 10.8. The van der Waals surface area contributed by atoms with Gasteiger partial charge >= 0.3 is 0 Å². The molecule has 9 nitrogen and oxygen atoms in total. The lowest BCUT2D eigenvalue weighted by Gasteiger charge is -2.40. The number of nitriles is 1. The van der Waals surface area contributed by atoms with E-state index in [1.54, 1.807) is 23.9 Å². The minimum atomic E-state index is -0.955. The van der Waals surface area contributed by atoms with Gasteiger partial charge in [0.1, 0.15) is 11.9 Å². The van der Waals surface area contributed by atoms with Gasteiger partial charge in [0.2, 0.25) is 5.91 Å². The first-order valence-corrected chi connectivity index (χ1v) is 17.6. The number of anilines is 1. The van der Waals surface area contributed by atoms with Crippen LogP contribution in [0.1, 0.15) is 69.9 Å². The molecule has 0 aromatic heterocycles. The van der Waals surface area contributed by atoms with Crippen molar-refractivity contribution < 1.29 is 9.59 Å². The van der Waals surface area contributed by atoms with E-state index in [1.807, 2.05) is 68.4 Å². The van der Waals surface area contributed by atoms with Crippen LogP contribution in [0.25, 0.3) is 5.70 Å². The largest absolute Gasteiger partial charge is 0.378 e. The number of aryl methyl sites for hydroxylation is 3. The summed E-state index contributed by atoms with van der Waals surface area (Å²) in [5, 5.41) is 26.7. The summed E-state index contributed by atoms with van der Waals surface area (Å²) in [6.07, 6.45) is 3.64. The van der Waals surface area contributed by atoms with Gasteiger partial charge in [-0.05, 0) is 110 Å². The fraction of sp³-hybridized carbons (Fsp3) is 0.415. The maximum absolute atomic E-state index is 13.5. The number of nitrogens with one attached hydrogen (secondary N) is 3. The van der Waals surface area contributed by atoms with Crippen LogP contribution in [0.15, 0.2) is 67.2 Å². The van der Waals surface area contributed by atoms with Gasteiger partial charge in [0.15, 0.2) is 0 Å². The van der Waals surface area contributed by atoms with Gasteiger partial charge in [0.25, 0.3) is 5.91 Å². The molecule has 1 heterocycles. The summed E-state index contributed by atoms with van der Waals surface area (Å²) in [6, 6.07) is 22.4. The van der Waals surface area contributed by atoms with Crippen LogP contribution < -0.4 is 10.6 Å². The Morgan fingerprint density at radius 1 is 0.980 bits per heavy atom. The number of benzene rings is 3. The van der Waals surface area contributed by atoms with Crippen molar-refractivity contribution in [3.63, 3.8) is 0 Å². The molecule has 1 saturated carbocycles. The Hall–Kier alpha value is -4.94. The molecule has 6 rings (SSSR count). The second-order valence-corrected chi connectivity index (χ2v) is 14.8. The maximum Gasteiger partial charge on any atom is 0.253 e. The lowest BCUT2D eigenvalue weighted by Crippen LogP contribution is -2.49. The molecular formula is C41H49N7O2. The number of hydrogen-bond donors (Lipinski definition) is 3. The summed E-state index contributed by atoms with van der Waals surface area (Å²) in [5.74, 6) is 0.660. The van der Waals surface area contributed by atoms with Crippen molar-refractivity contribution in [3.8, 4) is 6.07 Å². The number of nitrogens with zero attached hydrogens (tertiary/aromatic N) is 4. The van der Waals surface area contributed by atoms with Gasteiger partial charge < -0.3 is 25.3 Å². The topological polar surface area (TPSA) is 116 Å².